The molecule has 0 aliphatic heterocycles. The van der Waals surface area contributed by atoms with E-state index < -0.39 is 17.1 Å². The van der Waals surface area contributed by atoms with Crippen molar-refractivity contribution in [2.24, 2.45) is 0 Å². The van der Waals surface area contributed by atoms with Crippen LogP contribution in [0.5, 0.6) is 5.75 Å². The van der Waals surface area contributed by atoms with Crippen LogP contribution in [0.3, 0.4) is 0 Å². The van der Waals surface area contributed by atoms with Gasteiger partial charge in [-0.15, -0.1) is 0 Å². The molecule has 29 heavy (non-hydrogen) atoms. The number of benzene rings is 2. The third kappa shape index (κ3) is 3.75. The molecule has 9 heteroatoms. The highest BCUT2D eigenvalue weighted by Gasteiger charge is 2.17. The molecular formula is C20H14F2N4O3. The zero-order valence-corrected chi connectivity index (χ0v) is 15.2. The summed E-state index contributed by atoms with van der Waals surface area (Å²) in [5.41, 5.74) is 0.302. The average Bonchev–Trinajstić information content (AvgIpc) is 3.21. The van der Waals surface area contributed by atoms with Gasteiger partial charge in [-0.1, -0.05) is 17.3 Å². The molecule has 2 aromatic carbocycles. The molecule has 0 bridgehead atoms. The molecule has 0 amide bonds. The lowest BCUT2D eigenvalue weighted by Crippen LogP contribution is -2.13. The second kappa shape index (κ2) is 7.63. The van der Waals surface area contributed by atoms with Gasteiger partial charge in [-0.2, -0.15) is 10.1 Å². The Hall–Kier alpha value is -3.88. The summed E-state index contributed by atoms with van der Waals surface area (Å²) in [6.07, 6.45) is 1.33. The van der Waals surface area contributed by atoms with E-state index in [0.29, 0.717) is 17.9 Å². The van der Waals surface area contributed by atoms with Gasteiger partial charge in [0.1, 0.15) is 5.75 Å². The molecule has 4 aromatic rings. The van der Waals surface area contributed by atoms with Crippen LogP contribution in [-0.2, 0) is 0 Å². The molecule has 0 spiro atoms. The Labute approximate surface area is 163 Å². The van der Waals surface area contributed by atoms with E-state index in [1.165, 1.54) is 23.0 Å². The fourth-order valence-corrected chi connectivity index (χ4v) is 2.66. The first-order valence-corrected chi connectivity index (χ1v) is 8.68. The Balaban J connectivity index is 1.71. The molecule has 0 unspecified atom stereocenters. The lowest BCUT2D eigenvalue weighted by atomic mass is 10.2. The Bertz CT molecular complexity index is 1240. The average molecular weight is 396 g/mol. The third-order valence-corrected chi connectivity index (χ3v) is 4.01. The first-order valence-electron chi connectivity index (χ1n) is 8.68. The summed E-state index contributed by atoms with van der Waals surface area (Å²) in [5, 5.41) is 8.03. The Morgan fingerprint density at radius 2 is 1.97 bits per heavy atom. The first kappa shape index (κ1) is 18.5. The molecule has 7 nitrogen and oxygen atoms in total. The highest BCUT2D eigenvalue weighted by Crippen LogP contribution is 2.23. The van der Waals surface area contributed by atoms with Crippen LogP contribution >= 0.6 is 0 Å². The van der Waals surface area contributed by atoms with Crippen LogP contribution in [0.1, 0.15) is 6.92 Å². The SMILES string of the molecule is CCOc1cccc(-c2noc(-c3nn(-c4ccc(F)c(F)c4)ccc3=O)n2)c1. The van der Waals surface area contributed by atoms with Crippen molar-refractivity contribution in [1.29, 1.82) is 0 Å². The maximum absolute atomic E-state index is 13.5. The number of rotatable bonds is 5. The summed E-state index contributed by atoms with van der Waals surface area (Å²) in [6.45, 7) is 2.39. The van der Waals surface area contributed by atoms with Crippen LogP contribution in [0.15, 0.2) is 64.0 Å². The van der Waals surface area contributed by atoms with E-state index in [4.69, 9.17) is 9.26 Å². The van der Waals surface area contributed by atoms with Crippen molar-refractivity contribution in [3.8, 4) is 34.4 Å². The van der Waals surface area contributed by atoms with Crippen LogP contribution in [-0.4, -0.2) is 26.5 Å². The molecule has 4 rings (SSSR count). The minimum absolute atomic E-state index is 0.0938. The summed E-state index contributed by atoms with van der Waals surface area (Å²) in [7, 11) is 0. The first-order chi connectivity index (χ1) is 14.0. The van der Waals surface area contributed by atoms with Gasteiger partial charge in [0, 0.05) is 23.9 Å². The minimum Gasteiger partial charge on any atom is -0.494 e. The molecule has 2 heterocycles. The van der Waals surface area contributed by atoms with Gasteiger partial charge in [0.2, 0.25) is 11.3 Å². The van der Waals surface area contributed by atoms with Gasteiger partial charge in [-0.3, -0.25) is 4.79 Å². The zero-order chi connectivity index (χ0) is 20.4. The third-order valence-electron chi connectivity index (χ3n) is 4.01. The van der Waals surface area contributed by atoms with Crippen molar-refractivity contribution in [2.45, 2.75) is 6.92 Å². The van der Waals surface area contributed by atoms with Crippen molar-refractivity contribution < 1.29 is 18.0 Å². The molecule has 0 saturated heterocycles. The topological polar surface area (TPSA) is 83.0 Å². The molecule has 0 fully saturated rings. The molecular weight excluding hydrogens is 382 g/mol. The van der Waals surface area contributed by atoms with Crippen molar-refractivity contribution in [1.82, 2.24) is 19.9 Å². The number of nitrogens with zero attached hydrogens (tertiary/aromatic N) is 4. The molecule has 0 aliphatic carbocycles. The summed E-state index contributed by atoms with van der Waals surface area (Å²) >= 11 is 0. The highest BCUT2D eigenvalue weighted by atomic mass is 19.2. The van der Waals surface area contributed by atoms with Crippen molar-refractivity contribution >= 4 is 0 Å². The van der Waals surface area contributed by atoms with E-state index in [1.54, 1.807) is 24.3 Å². The molecule has 146 valence electrons. The van der Waals surface area contributed by atoms with E-state index in [1.807, 2.05) is 6.92 Å². The van der Waals surface area contributed by atoms with Crippen LogP contribution in [0.2, 0.25) is 0 Å². The monoisotopic (exact) mass is 396 g/mol. The summed E-state index contributed by atoms with van der Waals surface area (Å²) in [6, 6.07) is 11.6. The summed E-state index contributed by atoms with van der Waals surface area (Å²) in [4.78, 5) is 16.5. The van der Waals surface area contributed by atoms with Gasteiger partial charge in [0.15, 0.2) is 17.3 Å². The summed E-state index contributed by atoms with van der Waals surface area (Å²) in [5.74, 6) is -1.20. The number of hydrogen-bond donors (Lipinski definition) is 0. The normalized spacial score (nSPS) is 10.9. The molecule has 0 saturated carbocycles. The summed E-state index contributed by atoms with van der Waals surface area (Å²) < 4.78 is 38.6. The van der Waals surface area contributed by atoms with E-state index in [9.17, 15) is 13.6 Å². The second-order valence-electron chi connectivity index (χ2n) is 5.96. The van der Waals surface area contributed by atoms with Crippen LogP contribution in [0.25, 0.3) is 28.7 Å². The van der Waals surface area contributed by atoms with Crippen molar-refractivity contribution in [3.05, 3.63) is 76.6 Å². The molecule has 0 radical (unpaired) electrons. The van der Waals surface area contributed by atoms with Gasteiger partial charge < -0.3 is 9.26 Å². The van der Waals surface area contributed by atoms with Crippen molar-refractivity contribution in [2.75, 3.05) is 6.61 Å². The molecule has 2 aromatic heterocycles. The Morgan fingerprint density at radius 1 is 1.10 bits per heavy atom. The van der Waals surface area contributed by atoms with E-state index in [2.05, 4.69) is 15.2 Å². The maximum Gasteiger partial charge on any atom is 0.282 e. The standard InChI is InChI=1S/C20H14F2N4O3/c1-2-28-14-5-3-4-12(10-14)19-23-20(29-25-19)18-17(27)8-9-26(24-18)13-6-7-15(21)16(22)11-13/h3-11H,2H2,1H3. The quantitative estimate of drug-likeness (QED) is 0.512. The second-order valence-corrected chi connectivity index (χ2v) is 5.96. The number of hydrogen-bond acceptors (Lipinski definition) is 6. The Morgan fingerprint density at radius 3 is 2.76 bits per heavy atom. The maximum atomic E-state index is 13.5. The largest absolute Gasteiger partial charge is 0.494 e. The lowest BCUT2D eigenvalue weighted by molar-refractivity contribution is 0.340. The van der Waals surface area contributed by atoms with E-state index in [0.717, 1.165) is 12.1 Å². The predicted octanol–water partition coefficient (Wildman–Crippen LogP) is 3.63. The smallest absolute Gasteiger partial charge is 0.282 e. The molecule has 0 atom stereocenters. The zero-order valence-electron chi connectivity index (χ0n) is 15.2. The predicted molar refractivity (Wildman–Crippen MR) is 99.6 cm³/mol. The minimum atomic E-state index is -1.03. The fraction of sp³-hybridized carbons (Fsp3) is 0.100. The van der Waals surface area contributed by atoms with Crippen LogP contribution < -0.4 is 10.2 Å². The van der Waals surface area contributed by atoms with Gasteiger partial charge in [-0.05, 0) is 31.2 Å². The number of halogens is 2. The number of aromatic nitrogens is 4. The van der Waals surface area contributed by atoms with Crippen LogP contribution in [0.4, 0.5) is 8.78 Å². The van der Waals surface area contributed by atoms with E-state index in [-0.39, 0.29) is 23.1 Å². The van der Waals surface area contributed by atoms with Gasteiger partial charge in [0.25, 0.3) is 5.89 Å². The van der Waals surface area contributed by atoms with Gasteiger partial charge >= 0.3 is 0 Å². The van der Waals surface area contributed by atoms with Gasteiger partial charge in [0.05, 0.1) is 12.3 Å². The highest BCUT2D eigenvalue weighted by molar-refractivity contribution is 5.59. The number of ether oxygens (including phenoxy) is 1. The van der Waals surface area contributed by atoms with Crippen molar-refractivity contribution in [3.63, 3.8) is 0 Å². The molecule has 0 aliphatic rings. The van der Waals surface area contributed by atoms with Crippen LogP contribution in [0, 0.1) is 11.6 Å². The lowest BCUT2D eigenvalue weighted by Gasteiger charge is -2.06. The van der Waals surface area contributed by atoms with Gasteiger partial charge in [-0.25, -0.2) is 13.5 Å². The Kier molecular flexibility index (Phi) is 4.86. The van der Waals surface area contributed by atoms with E-state index >= 15 is 0 Å². The fourth-order valence-electron chi connectivity index (χ4n) is 2.66. The molecule has 0 N–H and O–H groups in total.